The molecule has 2 atom stereocenters. The van der Waals surface area contributed by atoms with Crippen molar-refractivity contribution >= 4 is 34.6 Å². The van der Waals surface area contributed by atoms with E-state index in [0.29, 0.717) is 35.6 Å². The summed E-state index contributed by atoms with van der Waals surface area (Å²) in [6.07, 6.45) is 8.45. The molecule has 192 valence electrons. The van der Waals surface area contributed by atoms with E-state index in [1.54, 1.807) is 4.90 Å². The number of carbonyl (C=O) groups is 1. The molecule has 1 saturated heterocycles. The van der Waals surface area contributed by atoms with E-state index in [1.807, 2.05) is 43.5 Å². The summed E-state index contributed by atoms with van der Waals surface area (Å²) in [7, 11) is 0. The number of ether oxygens (including phenoxy) is 1. The van der Waals surface area contributed by atoms with E-state index < -0.39 is 6.98 Å². The highest BCUT2D eigenvalue weighted by atomic mass is 16.6. The highest BCUT2D eigenvalue weighted by Crippen LogP contribution is 2.45. The Morgan fingerprint density at radius 3 is 2.86 bits per heavy atom. The van der Waals surface area contributed by atoms with Crippen molar-refractivity contribution in [3.63, 3.8) is 0 Å². The molecule has 0 radical (unpaired) electrons. The minimum absolute atomic E-state index is 0.0355. The molecule has 0 spiro atoms. The van der Waals surface area contributed by atoms with Crippen LogP contribution in [0.2, 0.25) is 0 Å². The second kappa shape index (κ2) is 9.76. The van der Waals surface area contributed by atoms with Crippen LogP contribution >= 0.6 is 0 Å². The van der Waals surface area contributed by atoms with Crippen LogP contribution < -0.4 is 10.6 Å². The van der Waals surface area contributed by atoms with E-state index >= 15 is 0 Å². The molecule has 1 aromatic carbocycles. The van der Waals surface area contributed by atoms with Gasteiger partial charge < -0.3 is 25.3 Å². The predicted octanol–water partition coefficient (Wildman–Crippen LogP) is 4.91. The normalized spacial score (nSPS) is 21.2. The third-order valence-corrected chi connectivity index (χ3v) is 7.08. The van der Waals surface area contributed by atoms with Gasteiger partial charge in [0, 0.05) is 42.1 Å². The maximum absolute atomic E-state index is 13.0. The van der Waals surface area contributed by atoms with Crippen LogP contribution in [0.5, 0.6) is 0 Å². The maximum atomic E-state index is 13.0. The molecule has 3 aromatic heterocycles. The number of carbonyl (C=O) groups excluding carboxylic acids is 1. The molecule has 4 aromatic rings. The highest BCUT2D eigenvalue weighted by molar-refractivity contribution is 5.92. The first-order chi connectivity index (χ1) is 19.2. The molecule has 0 unspecified atom stereocenters. The van der Waals surface area contributed by atoms with Gasteiger partial charge in [-0.05, 0) is 49.7 Å². The van der Waals surface area contributed by atoms with Gasteiger partial charge in [-0.15, -0.1) is 0 Å². The number of nitrogens with one attached hydrogen (secondary N) is 3. The van der Waals surface area contributed by atoms with Crippen molar-refractivity contribution in [1.82, 2.24) is 29.6 Å². The monoisotopic (exact) mass is 503 g/mol. The molecular weight excluding hydrogens is 468 g/mol. The van der Waals surface area contributed by atoms with E-state index in [4.69, 9.17) is 13.8 Å². The number of anilines is 3. The van der Waals surface area contributed by atoms with Crippen LogP contribution in [0.3, 0.4) is 0 Å². The van der Waals surface area contributed by atoms with Crippen LogP contribution in [0.25, 0.3) is 11.0 Å². The van der Waals surface area contributed by atoms with Crippen molar-refractivity contribution in [2.45, 2.75) is 57.2 Å². The van der Waals surface area contributed by atoms with Gasteiger partial charge in [-0.2, -0.15) is 15.1 Å². The molecule has 10 heteroatoms. The third-order valence-electron chi connectivity index (χ3n) is 7.08. The van der Waals surface area contributed by atoms with Crippen LogP contribution in [0.1, 0.15) is 53.8 Å². The minimum Gasteiger partial charge on any atom is -0.445 e. The number of fused-ring (bicyclic) bond motifs is 1. The van der Waals surface area contributed by atoms with Gasteiger partial charge in [0.2, 0.25) is 5.95 Å². The van der Waals surface area contributed by atoms with Crippen molar-refractivity contribution in [3.05, 3.63) is 60.0 Å². The Hall–Kier alpha value is -4.08. The molecule has 1 amide bonds. The summed E-state index contributed by atoms with van der Waals surface area (Å²) in [6.45, 7) is 0.386. The SMILES string of the molecule is [2H]C([2H])([2H])n1cc(Nc2nc(N[C@@H]3CC[C@H](C)N(C(=O)OCc4ccccc4)C3)c3c(C4CC4)c[nH]c3n2)cn1. The van der Waals surface area contributed by atoms with E-state index in [1.165, 1.54) is 18.0 Å². The van der Waals surface area contributed by atoms with Crippen LogP contribution in [-0.4, -0.2) is 54.4 Å². The number of aromatic nitrogens is 5. The average molecular weight is 504 g/mol. The van der Waals surface area contributed by atoms with Crippen LogP contribution in [0.4, 0.5) is 22.2 Å². The summed E-state index contributed by atoms with van der Waals surface area (Å²) < 4.78 is 29.2. The molecule has 10 nitrogen and oxygen atoms in total. The van der Waals surface area contributed by atoms with Gasteiger partial charge in [0.25, 0.3) is 0 Å². The molecule has 2 fully saturated rings. The Labute approximate surface area is 219 Å². The lowest BCUT2D eigenvalue weighted by atomic mass is 9.99. The molecule has 1 aliphatic carbocycles. The summed E-state index contributed by atoms with van der Waals surface area (Å²) in [5.74, 6) is 1.47. The Morgan fingerprint density at radius 2 is 2.08 bits per heavy atom. The van der Waals surface area contributed by atoms with Crippen molar-refractivity contribution in [1.29, 1.82) is 0 Å². The van der Waals surface area contributed by atoms with Gasteiger partial charge in [-0.1, -0.05) is 30.3 Å². The fourth-order valence-corrected chi connectivity index (χ4v) is 4.92. The summed E-state index contributed by atoms with van der Waals surface area (Å²) >= 11 is 0. The topological polar surface area (TPSA) is 113 Å². The fraction of sp³-hybridized carbons (Fsp3) is 0.407. The van der Waals surface area contributed by atoms with Gasteiger partial charge >= 0.3 is 6.09 Å². The maximum Gasteiger partial charge on any atom is 0.410 e. The second-order valence-corrected chi connectivity index (χ2v) is 9.90. The quantitative estimate of drug-likeness (QED) is 0.328. The lowest BCUT2D eigenvalue weighted by molar-refractivity contribution is 0.0696. The third kappa shape index (κ3) is 5.09. The zero-order chi connectivity index (χ0) is 27.9. The zero-order valence-corrected chi connectivity index (χ0v) is 20.6. The molecule has 1 saturated carbocycles. The number of likely N-dealkylation sites (tertiary alicyclic amines) is 1. The van der Waals surface area contributed by atoms with Gasteiger partial charge in [0.1, 0.15) is 18.1 Å². The standard InChI is InChI=1S/C27H32N8O2/c1-17-8-11-20(15-35(17)27(36)37-16-18-6-4-3-5-7-18)30-25-23-22(19-9-10-19)13-28-24(23)32-26(33-25)31-21-12-29-34(2)14-21/h3-7,12-14,17,19-20H,8-11,15-16H2,1-2H3,(H3,28,30,31,32,33)/t17-,20+/m0/s1/i2D3. The molecule has 1 aliphatic heterocycles. The van der Waals surface area contributed by atoms with Crippen molar-refractivity contribution in [2.24, 2.45) is 6.98 Å². The first-order valence-corrected chi connectivity index (χ1v) is 12.7. The molecule has 37 heavy (non-hydrogen) atoms. The summed E-state index contributed by atoms with van der Waals surface area (Å²) in [6, 6.07) is 9.68. The Balaban J connectivity index is 1.22. The number of hydrogen-bond donors (Lipinski definition) is 3. The molecule has 0 bridgehead atoms. The lowest BCUT2D eigenvalue weighted by Gasteiger charge is -2.37. The number of aryl methyl sites for hydroxylation is 1. The second-order valence-electron chi connectivity index (χ2n) is 9.90. The average Bonchev–Trinajstić information content (AvgIpc) is 3.50. The number of nitrogens with zero attached hydrogens (tertiary/aromatic N) is 5. The van der Waals surface area contributed by atoms with E-state index in [9.17, 15) is 4.79 Å². The summed E-state index contributed by atoms with van der Waals surface area (Å²) in [5.41, 5.74) is 3.29. The minimum atomic E-state index is -2.37. The smallest absolute Gasteiger partial charge is 0.410 e. The van der Waals surface area contributed by atoms with Gasteiger partial charge in [0.05, 0.1) is 17.3 Å². The number of piperidine rings is 1. The first-order valence-electron chi connectivity index (χ1n) is 14.2. The molecule has 6 rings (SSSR count). The number of rotatable bonds is 7. The Kier molecular flexibility index (Phi) is 5.28. The van der Waals surface area contributed by atoms with Gasteiger partial charge in [-0.3, -0.25) is 4.68 Å². The molecule has 2 aliphatic rings. The van der Waals surface area contributed by atoms with E-state index in [0.717, 1.165) is 41.3 Å². The zero-order valence-electron chi connectivity index (χ0n) is 23.6. The number of benzene rings is 1. The Bertz CT molecular complexity index is 1500. The predicted molar refractivity (Wildman–Crippen MR) is 142 cm³/mol. The van der Waals surface area contributed by atoms with Crippen LogP contribution in [0.15, 0.2) is 48.9 Å². The number of amides is 1. The number of aromatic amines is 1. The van der Waals surface area contributed by atoms with Crippen molar-refractivity contribution < 1.29 is 13.6 Å². The molecular formula is C27H32N8O2. The largest absolute Gasteiger partial charge is 0.445 e. The molecule has 3 N–H and O–H groups in total. The van der Waals surface area contributed by atoms with E-state index in [-0.39, 0.29) is 24.8 Å². The van der Waals surface area contributed by atoms with Crippen LogP contribution in [0, 0.1) is 0 Å². The van der Waals surface area contributed by atoms with Gasteiger partial charge in [-0.25, -0.2) is 4.79 Å². The first kappa shape index (κ1) is 20.0. The lowest BCUT2D eigenvalue weighted by Crippen LogP contribution is -2.49. The van der Waals surface area contributed by atoms with Crippen LogP contribution in [-0.2, 0) is 18.3 Å². The van der Waals surface area contributed by atoms with Crippen molar-refractivity contribution in [2.75, 3.05) is 17.2 Å². The highest BCUT2D eigenvalue weighted by Gasteiger charge is 2.32. The fourth-order valence-electron chi connectivity index (χ4n) is 4.92. The summed E-state index contributed by atoms with van der Waals surface area (Å²) in [5, 5.41) is 11.6. The summed E-state index contributed by atoms with van der Waals surface area (Å²) in [4.78, 5) is 27.5. The van der Waals surface area contributed by atoms with Crippen molar-refractivity contribution in [3.8, 4) is 0 Å². The number of hydrogen-bond acceptors (Lipinski definition) is 7. The number of H-pyrrole nitrogens is 1. The molecule has 4 heterocycles. The van der Waals surface area contributed by atoms with E-state index in [2.05, 4.69) is 25.7 Å². The Morgan fingerprint density at radius 1 is 1.22 bits per heavy atom. The van der Waals surface area contributed by atoms with Gasteiger partial charge in [0.15, 0.2) is 0 Å².